The first-order valence-electron chi connectivity index (χ1n) is 8.15. The normalized spacial score (nSPS) is 12.1. The molecule has 0 unspecified atom stereocenters. The van der Waals surface area contributed by atoms with Crippen molar-refractivity contribution in [3.05, 3.63) is 65.6 Å². The van der Waals surface area contributed by atoms with Crippen LogP contribution in [-0.2, 0) is 16.6 Å². The second-order valence-electron chi connectivity index (χ2n) is 6.51. The molecule has 0 bridgehead atoms. The maximum absolute atomic E-state index is 11.3. The summed E-state index contributed by atoms with van der Waals surface area (Å²) in [5.41, 5.74) is 5.39. The highest BCUT2D eigenvalue weighted by Gasteiger charge is 2.11. The Balaban J connectivity index is 1.82. The van der Waals surface area contributed by atoms with Crippen LogP contribution in [0.25, 0.3) is 21.8 Å². The van der Waals surface area contributed by atoms with Crippen LogP contribution < -0.4 is 5.14 Å². The van der Waals surface area contributed by atoms with Gasteiger partial charge < -0.3 is 4.57 Å². The molecule has 6 nitrogen and oxygen atoms in total. The molecule has 0 saturated heterocycles. The summed E-state index contributed by atoms with van der Waals surface area (Å²) in [5.74, 6) is 0. The summed E-state index contributed by atoms with van der Waals surface area (Å²) >= 11 is 0. The van der Waals surface area contributed by atoms with Crippen LogP contribution in [0, 0.1) is 13.8 Å². The first-order valence-corrected chi connectivity index (χ1v) is 9.70. The molecular formula is C19H18N4O2S. The number of fused-ring (bicyclic) bond motifs is 3. The van der Waals surface area contributed by atoms with Crippen molar-refractivity contribution in [1.29, 1.82) is 0 Å². The van der Waals surface area contributed by atoms with Crippen molar-refractivity contribution in [3.8, 4) is 0 Å². The van der Waals surface area contributed by atoms with Crippen LogP contribution in [0.15, 0.2) is 53.9 Å². The van der Waals surface area contributed by atoms with Gasteiger partial charge in [-0.25, -0.2) is 18.5 Å². The zero-order valence-corrected chi connectivity index (χ0v) is 15.3. The van der Waals surface area contributed by atoms with Gasteiger partial charge in [-0.1, -0.05) is 6.07 Å². The van der Waals surface area contributed by atoms with E-state index in [1.165, 1.54) is 17.2 Å². The highest BCUT2D eigenvalue weighted by molar-refractivity contribution is 7.89. The average molecular weight is 366 g/mol. The molecule has 3 heterocycles. The van der Waals surface area contributed by atoms with Crippen LogP contribution in [0.5, 0.6) is 0 Å². The first kappa shape index (κ1) is 16.7. The quantitative estimate of drug-likeness (QED) is 0.603. The largest absolute Gasteiger partial charge is 0.342 e. The molecule has 1 aromatic carbocycles. The van der Waals surface area contributed by atoms with Gasteiger partial charge in [0.2, 0.25) is 0 Å². The van der Waals surface area contributed by atoms with E-state index in [1.807, 2.05) is 18.5 Å². The van der Waals surface area contributed by atoms with Crippen molar-refractivity contribution < 1.29 is 8.42 Å². The monoisotopic (exact) mass is 366 g/mol. The van der Waals surface area contributed by atoms with Crippen molar-refractivity contribution in [2.75, 3.05) is 0 Å². The number of hydrogen-bond acceptors (Lipinski definition) is 4. The van der Waals surface area contributed by atoms with Crippen LogP contribution in [0.4, 0.5) is 0 Å². The molecule has 0 radical (unpaired) electrons. The molecular weight excluding hydrogens is 348 g/mol. The van der Waals surface area contributed by atoms with Crippen LogP contribution in [0.2, 0.25) is 0 Å². The van der Waals surface area contributed by atoms with Gasteiger partial charge in [0.05, 0.1) is 11.0 Å². The Kier molecular flexibility index (Phi) is 3.78. The minimum Gasteiger partial charge on any atom is -0.342 e. The Morgan fingerprint density at radius 3 is 2.50 bits per heavy atom. The highest BCUT2D eigenvalue weighted by Crippen LogP contribution is 2.27. The van der Waals surface area contributed by atoms with Gasteiger partial charge in [0, 0.05) is 35.9 Å². The van der Waals surface area contributed by atoms with Crippen molar-refractivity contribution in [2.45, 2.75) is 25.4 Å². The Morgan fingerprint density at radius 2 is 1.81 bits per heavy atom. The summed E-state index contributed by atoms with van der Waals surface area (Å²) in [6.45, 7) is 4.75. The maximum Gasteiger partial charge on any atom is 0.255 e. The minimum atomic E-state index is -3.78. The van der Waals surface area contributed by atoms with Crippen molar-refractivity contribution in [1.82, 2.24) is 14.5 Å². The molecule has 0 fully saturated rings. The Morgan fingerprint density at radius 1 is 1.04 bits per heavy atom. The van der Waals surface area contributed by atoms with E-state index in [2.05, 4.69) is 40.5 Å². The van der Waals surface area contributed by atoms with Crippen LogP contribution >= 0.6 is 0 Å². The van der Waals surface area contributed by atoms with Gasteiger partial charge in [-0.2, -0.15) is 0 Å². The summed E-state index contributed by atoms with van der Waals surface area (Å²) in [6, 6.07) is 9.47. The summed E-state index contributed by atoms with van der Waals surface area (Å²) in [4.78, 5) is 8.52. The third-order valence-electron chi connectivity index (χ3n) is 4.65. The van der Waals surface area contributed by atoms with Crippen LogP contribution in [-0.4, -0.2) is 23.0 Å². The lowest BCUT2D eigenvalue weighted by Crippen LogP contribution is -2.14. The minimum absolute atomic E-state index is 0.126. The van der Waals surface area contributed by atoms with E-state index in [1.54, 1.807) is 12.3 Å². The zero-order chi connectivity index (χ0) is 18.5. The summed E-state index contributed by atoms with van der Waals surface area (Å²) in [5, 5.41) is 7.14. The van der Waals surface area contributed by atoms with E-state index in [9.17, 15) is 8.42 Å². The smallest absolute Gasteiger partial charge is 0.255 e. The standard InChI is InChI=1S/C19H18N4O2S/c1-12-7-16-17(8-13(12)2)21-10-15-5-6-23(19(15)16)11-14-3-4-18(22-9-14)26(20,24)25/h3-10H,11H2,1-2H3,(H2,20,24,25). The predicted octanol–water partition coefficient (Wildman–Crippen LogP) is 2.90. The van der Waals surface area contributed by atoms with E-state index in [4.69, 9.17) is 5.14 Å². The van der Waals surface area contributed by atoms with Crippen LogP contribution in [0.1, 0.15) is 16.7 Å². The number of nitrogens with zero attached hydrogens (tertiary/aromatic N) is 3. The second-order valence-corrected chi connectivity index (χ2v) is 8.02. The van der Waals surface area contributed by atoms with E-state index >= 15 is 0 Å². The molecule has 7 heteroatoms. The summed E-state index contributed by atoms with van der Waals surface area (Å²) < 4.78 is 24.8. The molecule has 0 amide bonds. The van der Waals surface area contributed by atoms with Gasteiger partial charge >= 0.3 is 0 Å². The molecule has 26 heavy (non-hydrogen) atoms. The molecule has 3 aromatic heterocycles. The fraction of sp³-hybridized carbons (Fsp3) is 0.158. The molecule has 0 aliphatic carbocycles. The summed E-state index contributed by atoms with van der Waals surface area (Å²) in [6.07, 6.45) is 5.43. The second kappa shape index (κ2) is 5.89. The average Bonchev–Trinajstić information content (AvgIpc) is 2.99. The van der Waals surface area contributed by atoms with Gasteiger partial charge in [-0.05, 0) is 54.8 Å². The molecule has 0 saturated carbocycles. The van der Waals surface area contributed by atoms with Gasteiger partial charge in [0.1, 0.15) is 0 Å². The molecule has 0 aliphatic rings. The van der Waals surface area contributed by atoms with E-state index in [-0.39, 0.29) is 5.03 Å². The van der Waals surface area contributed by atoms with E-state index in [0.717, 1.165) is 27.4 Å². The molecule has 2 N–H and O–H groups in total. The lowest BCUT2D eigenvalue weighted by molar-refractivity contribution is 0.594. The SMILES string of the molecule is Cc1cc2ncc3ccn(Cc4ccc(S(N)(=O)=O)nc4)c3c2cc1C. The lowest BCUT2D eigenvalue weighted by atomic mass is 10.0. The number of aryl methyl sites for hydroxylation is 2. The maximum atomic E-state index is 11.3. The number of rotatable bonds is 3. The summed E-state index contributed by atoms with van der Waals surface area (Å²) in [7, 11) is -3.78. The third kappa shape index (κ3) is 2.85. The number of nitrogens with two attached hydrogens (primary N) is 1. The van der Waals surface area contributed by atoms with Gasteiger partial charge in [0.25, 0.3) is 10.0 Å². The fourth-order valence-electron chi connectivity index (χ4n) is 3.14. The number of sulfonamides is 1. The Labute approximate surface area is 151 Å². The number of primary sulfonamides is 1. The van der Waals surface area contributed by atoms with Crippen LogP contribution in [0.3, 0.4) is 0 Å². The molecule has 132 valence electrons. The third-order valence-corrected chi connectivity index (χ3v) is 5.47. The molecule has 4 aromatic rings. The van der Waals surface area contributed by atoms with E-state index < -0.39 is 10.0 Å². The van der Waals surface area contributed by atoms with Gasteiger partial charge in [0.15, 0.2) is 5.03 Å². The topological polar surface area (TPSA) is 90.9 Å². The number of aromatic nitrogens is 3. The lowest BCUT2D eigenvalue weighted by Gasteiger charge is -2.10. The van der Waals surface area contributed by atoms with E-state index in [0.29, 0.717) is 6.54 Å². The number of pyridine rings is 2. The number of benzene rings is 1. The first-order chi connectivity index (χ1) is 12.3. The molecule has 0 aliphatic heterocycles. The Hall–Kier alpha value is -2.77. The highest BCUT2D eigenvalue weighted by atomic mass is 32.2. The van der Waals surface area contributed by atoms with Crippen molar-refractivity contribution in [3.63, 3.8) is 0 Å². The van der Waals surface area contributed by atoms with Crippen molar-refractivity contribution >= 4 is 31.8 Å². The number of hydrogen-bond donors (Lipinski definition) is 1. The molecule has 0 spiro atoms. The molecule has 0 atom stereocenters. The fourth-order valence-corrected chi connectivity index (χ4v) is 3.60. The van der Waals surface area contributed by atoms with Gasteiger partial charge in [-0.3, -0.25) is 4.98 Å². The predicted molar refractivity (Wildman–Crippen MR) is 101 cm³/mol. The molecule has 4 rings (SSSR count). The van der Waals surface area contributed by atoms with Crippen molar-refractivity contribution in [2.24, 2.45) is 5.14 Å². The van der Waals surface area contributed by atoms with Gasteiger partial charge in [-0.15, -0.1) is 0 Å². The zero-order valence-electron chi connectivity index (χ0n) is 14.5. The Bertz CT molecular complexity index is 1240.